The van der Waals surface area contributed by atoms with Crippen molar-refractivity contribution in [2.75, 3.05) is 0 Å². The number of hydrogen-bond acceptors (Lipinski definition) is 6. The molecule has 1 aliphatic carbocycles. The Kier molecular flexibility index (Phi) is 5.14. The van der Waals surface area contributed by atoms with Crippen LogP contribution in [-0.4, -0.2) is 31.8 Å². The quantitative estimate of drug-likeness (QED) is 0.444. The van der Waals surface area contributed by atoms with E-state index < -0.39 is 0 Å². The number of fused-ring (bicyclic) bond motifs is 2. The fraction of sp³-hybridized carbons (Fsp3) is 0.250. The molecule has 4 aliphatic rings. The molecule has 2 N–H and O–H groups in total. The number of hydrazine groups is 1. The number of carbonyl (C=O) groups is 2. The van der Waals surface area contributed by atoms with Crippen LogP contribution in [0.1, 0.15) is 36.7 Å². The smallest absolute Gasteiger partial charge is 0.273 e. The molecule has 170 valence electrons. The van der Waals surface area contributed by atoms with Gasteiger partial charge in [0.25, 0.3) is 0 Å². The molecule has 1 saturated heterocycles. The predicted molar refractivity (Wildman–Crippen MR) is 125 cm³/mol. The van der Waals surface area contributed by atoms with Crippen LogP contribution in [0.3, 0.4) is 0 Å². The molecule has 1 aromatic carbocycles. The van der Waals surface area contributed by atoms with Gasteiger partial charge in [-0.15, -0.1) is 11.3 Å². The van der Waals surface area contributed by atoms with Crippen LogP contribution in [0.4, 0.5) is 0 Å². The molecular formula is C24H22N7O2S+. The van der Waals surface area contributed by atoms with Crippen LogP contribution >= 0.6 is 11.3 Å². The van der Waals surface area contributed by atoms with E-state index in [4.69, 9.17) is 15.2 Å². The van der Waals surface area contributed by atoms with Crippen molar-refractivity contribution < 1.29 is 14.4 Å². The molecular weight excluding hydrogens is 450 g/mol. The minimum absolute atomic E-state index is 0.0900. The summed E-state index contributed by atoms with van der Waals surface area (Å²) in [6, 6.07) is 15.9. The molecule has 9 nitrogen and oxygen atoms in total. The summed E-state index contributed by atoms with van der Waals surface area (Å²) in [5, 5.41) is 12.5. The topological polar surface area (TPSA) is 106 Å². The Hall–Kier alpha value is -3.92. The Bertz CT molecular complexity index is 1330. The summed E-state index contributed by atoms with van der Waals surface area (Å²) < 4.78 is 0. The Labute approximate surface area is 199 Å². The van der Waals surface area contributed by atoms with Gasteiger partial charge >= 0.3 is 5.82 Å². The van der Waals surface area contributed by atoms with Crippen LogP contribution < -0.4 is 15.6 Å². The number of hydrogen-bond donors (Lipinski definition) is 2. The van der Waals surface area contributed by atoms with Gasteiger partial charge in [-0.05, 0) is 45.8 Å². The van der Waals surface area contributed by atoms with Crippen LogP contribution in [0, 0.1) is 11.8 Å². The summed E-state index contributed by atoms with van der Waals surface area (Å²) in [5.74, 6) is 0.267. The van der Waals surface area contributed by atoms with Crippen molar-refractivity contribution >= 4 is 35.3 Å². The third kappa shape index (κ3) is 3.75. The second kappa shape index (κ2) is 8.45. The lowest BCUT2D eigenvalue weighted by molar-refractivity contribution is -0.844. The van der Waals surface area contributed by atoms with E-state index in [-0.39, 0.29) is 29.7 Å². The summed E-state index contributed by atoms with van der Waals surface area (Å²) in [6.45, 7) is 0. The van der Waals surface area contributed by atoms with E-state index in [9.17, 15) is 9.59 Å². The van der Waals surface area contributed by atoms with Crippen molar-refractivity contribution in [1.29, 1.82) is 0 Å². The van der Waals surface area contributed by atoms with Crippen LogP contribution in [0.15, 0.2) is 53.9 Å². The van der Waals surface area contributed by atoms with Gasteiger partial charge in [-0.2, -0.15) is 0 Å². The van der Waals surface area contributed by atoms with E-state index in [1.165, 1.54) is 0 Å². The van der Waals surface area contributed by atoms with E-state index in [1.54, 1.807) is 16.1 Å². The normalized spacial score (nSPS) is 22.5. The van der Waals surface area contributed by atoms with Gasteiger partial charge in [0.15, 0.2) is 0 Å². The molecule has 6 rings (SSSR count). The summed E-state index contributed by atoms with van der Waals surface area (Å²) in [7, 11) is 0. The second-order valence-corrected chi connectivity index (χ2v) is 9.45. The maximum Gasteiger partial charge on any atom is 0.332 e. The molecule has 2 aromatic rings. The molecule has 2 amide bonds. The number of benzene rings is 1. The highest BCUT2D eigenvalue weighted by Gasteiger charge is 2.45. The standard InChI is InChI=1S/C24H21N7O2S/c32-22-18-10-9-17(14-19(18)23(33)27-26-22)30-28-20(11-8-15-5-2-1-3-6-15)29-31(30)21-13-16-7-4-12-34-24(16)25-21/h1-8,11-13,17-19H,9-10,14H2,(H,28,29)/p+1/b11-8-/t17-,18+,19+/m0/s1. The predicted octanol–water partition coefficient (Wildman–Crippen LogP) is 2.40. The zero-order chi connectivity index (χ0) is 23.1. The van der Waals surface area contributed by atoms with Crippen LogP contribution in [0.2, 0.25) is 0 Å². The Morgan fingerprint density at radius 1 is 1.00 bits per heavy atom. The van der Waals surface area contributed by atoms with E-state index in [0.717, 1.165) is 22.6 Å². The van der Waals surface area contributed by atoms with E-state index in [1.807, 2.05) is 70.9 Å². The molecule has 1 aromatic heterocycles. The summed E-state index contributed by atoms with van der Waals surface area (Å²) in [5.41, 5.74) is 7.07. The zero-order valence-corrected chi connectivity index (χ0v) is 19.0. The Morgan fingerprint density at radius 2 is 1.82 bits per heavy atom. The van der Waals surface area contributed by atoms with Gasteiger partial charge in [-0.25, -0.2) is 4.98 Å². The van der Waals surface area contributed by atoms with Crippen LogP contribution in [0.5, 0.6) is 0 Å². The van der Waals surface area contributed by atoms with Crippen molar-refractivity contribution in [3.8, 4) is 16.4 Å². The number of rotatable bonds is 4. The average molecular weight is 473 g/mol. The molecule has 34 heavy (non-hydrogen) atoms. The van der Waals surface area contributed by atoms with Crippen molar-refractivity contribution in [2.24, 2.45) is 11.8 Å². The van der Waals surface area contributed by atoms with Gasteiger partial charge < -0.3 is 0 Å². The Morgan fingerprint density at radius 3 is 2.65 bits per heavy atom. The highest BCUT2D eigenvalue weighted by Crippen LogP contribution is 2.36. The molecule has 3 atom stereocenters. The van der Waals surface area contributed by atoms with Crippen molar-refractivity contribution in [1.82, 2.24) is 30.8 Å². The molecule has 1 saturated carbocycles. The maximum atomic E-state index is 12.5. The number of tetrazole rings is 1. The van der Waals surface area contributed by atoms with E-state index in [2.05, 4.69) is 10.9 Å². The van der Waals surface area contributed by atoms with Crippen molar-refractivity contribution in [3.05, 3.63) is 65.3 Å². The lowest BCUT2D eigenvalue weighted by Crippen LogP contribution is -2.60. The number of nitrogens with one attached hydrogen (secondary N) is 2. The monoisotopic (exact) mass is 472 g/mol. The van der Waals surface area contributed by atoms with Crippen LogP contribution in [-0.2, 0) is 9.59 Å². The molecule has 0 radical (unpaired) electrons. The van der Waals surface area contributed by atoms with Gasteiger partial charge in [0.05, 0.1) is 16.9 Å². The molecule has 0 unspecified atom stereocenters. The summed E-state index contributed by atoms with van der Waals surface area (Å²) >= 11 is 1.57. The summed E-state index contributed by atoms with van der Waals surface area (Å²) in [6.07, 6.45) is 5.69. The zero-order valence-electron chi connectivity index (χ0n) is 18.2. The maximum absolute atomic E-state index is 12.5. The number of amides is 2. The van der Waals surface area contributed by atoms with Crippen molar-refractivity contribution in [2.45, 2.75) is 25.3 Å². The van der Waals surface area contributed by atoms with E-state index in [0.29, 0.717) is 24.5 Å². The molecule has 3 aliphatic heterocycles. The first-order valence-electron chi connectivity index (χ1n) is 11.2. The molecule has 0 bridgehead atoms. The van der Waals surface area contributed by atoms with E-state index >= 15 is 0 Å². The molecule has 10 heteroatoms. The van der Waals surface area contributed by atoms with Gasteiger partial charge in [-0.1, -0.05) is 42.5 Å². The van der Waals surface area contributed by atoms with Gasteiger partial charge in [-0.3, -0.25) is 20.4 Å². The van der Waals surface area contributed by atoms with Crippen LogP contribution in [0.25, 0.3) is 28.5 Å². The van der Waals surface area contributed by atoms with Gasteiger partial charge in [0, 0.05) is 22.9 Å². The highest BCUT2D eigenvalue weighted by molar-refractivity contribution is 7.12. The minimum Gasteiger partial charge on any atom is -0.273 e. The third-order valence-corrected chi connectivity index (χ3v) is 7.28. The first kappa shape index (κ1) is 20.7. The number of carbonyl (C=O) groups excluding carboxylic acids is 2. The lowest BCUT2D eigenvalue weighted by Gasteiger charge is -2.35. The minimum atomic E-state index is -0.387. The SMILES string of the molecule is O=C1NNC(=O)[C@@H]2C[C@@H]([n+]3nc(/C=C\c4ccccc4)nn3-c3cc4cccsc-4n3)CC[C@@H]12. The molecule has 4 heterocycles. The molecule has 2 fully saturated rings. The van der Waals surface area contributed by atoms with Gasteiger partial charge in [0.1, 0.15) is 11.0 Å². The fourth-order valence-electron chi connectivity index (χ4n) is 4.74. The average Bonchev–Trinajstić information content (AvgIpc) is 3.50. The highest BCUT2D eigenvalue weighted by atomic mass is 32.1. The van der Waals surface area contributed by atoms with Crippen molar-refractivity contribution in [3.63, 3.8) is 0 Å². The van der Waals surface area contributed by atoms with Gasteiger partial charge in [0.2, 0.25) is 17.6 Å². The number of aromatic nitrogens is 5. The second-order valence-electron chi connectivity index (χ2n) is 8.56. The first-order chi connectivity index (χ1) is 16.7. The third-order valence-electron chi connectivity index (χ3n) is 6.44. The number of nitrogens with zero attached hydrogens (tertiary/aromatic N) is 5. The Balaban J connectivity index is 1.38. The molecule has 0 spiro atoms. The lowest BCUT2D eigenvalue weighted by atomic mass is 9.75. The largest absolute Gasteiger partial charge is 0.332 e. The first-order valence-corrected chi connectivity index (χ1v) is 12.1. The fourth-order valence-corrected chi connectivity index (χ4v) is 5.43. The summed E-state index contributed by atoms with van der Waals surface area (Å²) in [4.78, 5) is 33.1.